The number of carboxylic acid groups (broad SMARTS) is 1. The Kier molecular flexibility index (Phi) is 3.50. The van der Waals surface area contributed by atoms with Crippen LogP contribution in [0.4, 0.5) is 0 Å². The van der Waals surface area contributed by atoms with Crippen molar-refractivity contribution >= 4 is 11.9 Å². The molecule has 0 aliphatic carbocycles. The van der Waals surface area contributed by atoms with Crippen LogP contribution in [0.1, 0.15) is 23.2 Å². The molecule has 1 fully saturated rings. The van der Waals surface area contributed by atoms with Gasteiger partial charge in [0.1, 0.15) is 5.75 Å². The molecule has 0 saturated carbocycles. The van der Waals surface area contributed by atoms with Gasteiger partial charge in [0.25, 0.3) is 5.91 Å². The number of aromatic hydroxyl groups is 1. The van der Waals surface area contributed by atoms with Gasteiger partial charge in [-0.3, -0.25) is 9.59 Å². The first-order chi connectivity index (χ1) is 8.58. The average molecular weight is 249 g/mol. The van der Waals surface area contributed by atoms with E-state index >= 15 is 0 Å². The third kappa shape index (κ3) is 2.61. The number of phenols is 1. The summed E-state index contributed by atoms with van der Waals surface area (Å²) in [6.07, 6.45) is 0.998. The van der Waals surface area contributed by atoms with Crippen molar-refractivity contribution in [1.82, 2.24) is 4.90 Å². The Balaban J connectivity index is 1.99. The molecule has 1 heterocycles. The van der Waals surface area contributed by atoms with Gasteiger partial charge in [-0.05, 0) is 37.1 Å². The number of carbonyl (C=O) groups is 2. The van der Waals surface area contributed by atoms with Crippen LogP contribution in [0.15, 0.2) is 24.3 Å². The van der Waals surface area contributed by atoms with Crippen molar-refractivity contribution in [2.24, 2.45) is 5.92 Å². The Morgan fingerprint density at radius 1 is 1.11 bits per heavy atom. The van der Waals surface area contributed by atoms with Gasteiger partial charge < -0.3 is 15.1 Å². The number of benzene rings is 1. The molecule has 1 aromatic rings. The lowest BCUT2D eigenvalue weighted by Gasteiger charge is -2.30. The zero-order valence-corrected chi connectivity index (χ0v) is 9.87. The van der Waals surface area contributed by atoms with E-state index in [9.17, 15) is 9.59 Å². The van der Waals surface area contributed by atoms with Crippen molar-refractivity contribution in [1.29, 1.82) is 0 Å². The molecule has 0 aromatic heterocycles. The summed E-state index contributed by atoms with van der Waals surface area (Å²) >= 11 is 0. The first-order valence-corrected chi connectivity index (χ1v) is 5.89. The molecule has 1 aromatic carbocycles. The van der Waals surface area contributed by atoms with Gasteiger partial charge in [-0.15, -0.1) is 0 Å². The fourth-order valence-corrected chi connectivity index (χ4v) is 2.12. The highest BCUT2D eigenvalue weighted by atomic mass is 16.4. The van der Waals surface area contributed by atoms with Gasteiger partial charge in [0.05, 0.1) is 5.92 Å². The SMILES string of the molecule is O=C(O)C1CCN(C(=O)c2ccc(O)cc2)CC1. The lowest BCUT2D eigenvalue weighted by atomic mass is 9.96. The van der Waals surface area contributed by atoms with Gasteiger partial charge in [0.15, 0.2) is 0 Å². The van der Waals surface area contributed by atoms with E-state index in [1.54, 1.807) is 17.0 Å². The summed E-state index contributed by atoms with van der Waals surface area (Å²) < 4.78 is 0. The maximum atomic E-state index is 12.1. The standard InChI is InChI=1S/C13H15NO4/c15-11-3-1-9(2-4-11)12(16)14-7-5-10(6-8-14)13(17)18/h1-4,10,15H,5-8H2,(H,17,18). The van der Waals surface area contributed by atoms with Crippen molar-refractivity contribution in [3.05, 3.63) is 29.8 Å². The highest BCUT2D eigenvalue weighted by molar-refractivity contribution is 5.94. The molecule has 0 bridgehead atoms. The van der Waals surface area contributed by atoms with Gasteiger partial charge in [0.2, 0.25) is 0 Å². The van der Waals surface area contributed by atoms with Crippen molar-refractivity contribution in [3.8, 4) is 5.75 Å². The van der Waals surface area contributed by atoms with Crippen LogP contribution in [0.25, 0.3) is 0 Å². The minimum absolute atomic E-state index is 0.112. The minimum atomic E-state index is -0.785. The average Bonchev–Trinajstić information content (AvgIpc) is 2.39. The van der Waals surface area contributed by atoms with Crippen LogP contribution in [0.3, 0.4) is 0 Å². The van der Waals surface area contributed by atoms with Crippen LogP contribution in [-0.4, -0.2) is 40.1 Å². The Labute approximate surface area is 105 Å². The first kappa shape index (κ1) is 12.4. The molecule has 5 heteroatoms. The molecule has 0 unspecified atom stereocenters. The predicted molar refractivity (Wildman–Crippen MR) is 64.4 cm³/mol. The quantitative estimate of drug-likeness (QED) is 0.828. The summed E-state index contributed by atoms with van der Waals surface area (Å²) in [6.45, 7) is 0.938. The van der Waals surface area contributed by atoms with Crippen LogP contribution >= 0.6 is 0 Å². The second-order valence-electron chi connectivity index (χ2n) is 4.45. The summed E-state index contributed by atoms with van der Waals surface area (Å²) in [5.41, 5.74) is 0.515. The lowest BCUT2D eigenvalue weighted by molar-refractivity contribution is -0.143. The Bertz CT molecular complexity index is 447. The van der Waals surface area contributed by atoms with Gasteiger partial charge in [-0.1, -0.05) is 0 Å². The number of phenolic OH excluding ortho intramolecular Hbond substituents is 1. The second kappa shape index (κ2) is 5.08. The number of rotatable bonds is 2. The fraction of sp³-hybridized carbons (Fsp3) is 0.385. The van der Waals surface area contributed by atoms with E-state index in [1.807, 2.05) is 0 Å². The van der Waals surface area contributed by atoms with Crippen LogP contribution in [-0.2, 0) is 4.79 Å². The molecule has 5 nitrogen and oxygen atoms in total. The maximum absolute atomic E-state index is 12.1. The predicted octanol–water partition coefficient (Wildman–Crippen LogP) is 1.33. The van der Waals surface area contributed by atoms with E-state index in [2.05, 4.69) is 0 Å². The third-order valence-corrected chi connectivity index (χ3v) is 3.25. The molecule has 0 radical (unpaired) electrons. The summed E-state index contributed by atoms with van der Waals surface area (Å²) in [5, 5.41) is 18.0. The topological polar surface area (TPSA) is 77.8 Å². The van der Waals surface area contributed by atoms with E-state index in [0.717, 1.165) is 0 Å². The third-order valence-electron chi connectivity index (χ3n) is 3.25. The lowest BCUT2D eigenvalue weighted by Crippen LogP contribution is -2.40. The largest absolute Gasteiger partial charge is 0.508 e. The van der Waals surface area contributed by atoms with Gasteiger partial charge in [-0.2, -0.15) is 0 Å². The van der Waals surface area contributed by atoms with Gasteiger partial charge >= 0.3 is 5.97 Å². The Hall–Kier alpha value is -2.04. The number of carbonyl (C=O) groups excluding carboxylic acids is 1. The maximum Gasteiger partial charge on any atom is 0.306 e. The Morgan fingerprint density at radius 2 is 1.67 bits per heavy atom. The monoisotopic (exact) mass is 249 g/mol. The zero-order chi connectivity index (χ0) is 13.1. The normalized spacial score (nSPS) is 16.6. The highest BCUT2D eigenvalue weighted by Crippen LogP contribution is 2.20. The van der Waals surface area contributed by atoms with Crippen molar-refractivity contribution in [2.75, 3.05) is 13.1 Å². The first-order valence-electron chi connectivity index (χ1n) is 5.89. The minimum Gasteiger partial charge on any atom is -0.508 e. The zero-order valence-electron chi connectivity index (χ0n) is 9.87. The number of hydrogen-bond acceptors (Lipinski definition) is 3. The van der Waals surface area contributed by atoms with Crippen LogP contribution in [0, 0.1) is 5.92 Å². The molecular formula is C13H15NO4. The molecule has 1 saturated heterocycles. The van der Waals surface area contributed by atoms with E-state index in [1.165, 1.54) is 12.1 Å². The summed E-state index contributed by atoms with van der Waals surface area (Å²) in [7, 11) is 0. The summed E-state index contributed by atoms with van der Waals surface area (Å²) in [4.78, 5) is 24.6. The summed E-state index contributed by atoms with van der Waals surface area (Å²) in [5.74, 6) is -1.12. The number of aliphatic carboxylic acids is 1. The van der Waals surface area contributed by atoms with Crippen LogP contribution < -0.4 is 0 Å². The summed E-state index contributed by atoms with van der Waals surface area (Å²) in [6, 6.07) is 6.08. The van der Waals surface area contributed by atoms with Gasteiger partial charge in [0, 0.05) is 18.7 Å². The molecule has 2 N–H and O–H groups in total. The number of carboxylic acids is 1. The molecule has 1 amide bonds. The highest BCUT2D eigenvalue weighted by Gasteiger charge is 2.27. The van der Waals surface area contributed by atoms with Crippen molar-refractivity contribution < 1.29 is 19.8 Å². The van der Waals surface area contributed by atoms with Gasteiger partial charge in [-0.25, -0.2) is 0 Å². The number of hydrogen-bond donors (Lipinski definition) is 2. The molecule has 18 heavy (non-hydrogen) atoms. The number of amides is 1. The van der Waals surface area contributed by atoms with Crippen molar-refractivity contribution in [2.45, 2.75) is 12.8 Å². The number of nitrogens with zero attached hydrogens (tertiary/aromatic N) is 1. The van der Waals surface area contributed by atoms with E-state index in [0.29, 0.717) is 31.5 Å². The molecular weight excluding hydrogens is 234 g/mol. The van der Waals surface area contributed by atoms with E-state index in [-0.39, 0.29) is 17.6 Å². The fourth-order valence-electron chi connectivity index (χ4n) is 2.12. The molecule has 0 spiro atoms. The van der Waals surface area contributed by atoms with E-state index in [4.69, 9.17) is 10.2 Å². The molecule has 96 valence electrons. The molecule has 2 rings (SSSR count). The van der Waals surface area contributed by atoms with Crippen LogP contribution in [0.2, 0.25) is 0 Å². The molecule has 0 atom stereocenters. The van der Waals surface area contributed by atoms with Crippen LogP contribution in [0.5, 0.6) is 5.75 Å². The Morgan fingerprint density at radius 3 is 2.17 bits per heavy atom. The smallest absolute Gasteiger partial charge is 0.306 e. The number of piperidine rings is 1. The van der Waals surface area contributed by atoms with Crippen molar-refractivity contribution in [3.63, 3.8) is 0 Å². The molecule has 1 aliphatic heterocycles. The van der Waals surface area contributed by atoms with E-state index < -0.39 is 5.97 Å². The number of likely N-dealkylation sites (tertiary alicyclic amines) is 1. The second-order valence-corrected chi connectivity index (χ2v) is 4.45. The molecule has 1 aliphatic rings.